The summed E-state index contributed by atoms with van der Waals surface area (Å²) in [7, 11) is 1.31. The minimum absolute atomic E-state index is 0.0365. The van der Waals surface area contributed by atoms with E-state index in [1.165, 1.54) is 13.2 Å². The molecule has 0 spiro atoms. The van der Waals surface area contributed by atoms with E-state index in [0.29, 0.717) is 6.54 Å². The first-order valence-corrected chi connectivity index (χ1v) is 6.83. The van der Waals surface area contributed by atoms with Crippen LogP contribution in [0.3, 0.4) is 0 Å². The molecule has 5 nitrogen and oxygen atoms in total. The molecule has 20 heavy (non-hydrogen) atoms. The fourth-order valence-corrected chi connectivity index (χ4v) is 2.46. The average Bonchev–Trinajstić information content (AvgIpc) is 2.93. The molecular formula is C13H13FN2O3S. The van der Waals surface area contributed by atoms with Gasteiger partial charge in [0.15, 0.2) is 11.6 Å². The van der Waals surface area contributed by atoms with Crippen molar-refractivity contribution in [2.24, 2.45) is 0 Å². The van der Waals surface area contributed by atoms with Crippen molar-refractivity contribution in [1.29, 1.82) is 0 Å². The number of nitrogens with zero attached hydrogens (tertiary/aromatic N) is 1. The number of nitro benzene ring substituents is 1. The Hall–Kier alpha value is -2.15. The van der Waals surface area contributed by atoms with Crippen LogP contribution in [0.4, 0.5) is 15.8 Å². The SMILES string of the molecule is COc1cc(NCCc2ccsc2)c(F)cc1[N+](=O)[O-]. The van der Waals surface area contributed by atoms with E-state index in [1.54, 1.807) is 11.3 Å². The molecule has 7 heteroatoms. The number of rotatable bonds is 6. The minimum Gasteiger partial charge on any atom is -0.490 e. The largest absolute Gasteiger partial charge is 0.490 e. The first-order valence-electron chi connectivity index (χ1n) is 5.88. The van der Waals surface area contributed by atoms with Crippen molar-refractivity contribution in [2.75, 3.05) is 19.0 Å². The highest BCUT2D eigenvalue weighted by Gasteiger charge is 2.18. The topological polar surface area (TPSA) is 64.4 Å². The first-order chi connectivity index (χ1) is 9.61. The minimum atomic E-state index is -0.670. The summed E-state index contributed by atoms with van der Waals surface area (Å²) in [6.45, 7) is 0.536. The van der Waals surface area contributed by atoms with Gasteiger partial charge in [-0.3, -0.25) is 10.1 Å². The summed E-state index contributed by atoms with van der Waals surface area (Å²) in [5.41, 5.74) is 0.979. The third-order valence-electron chi connectivity index (χ3n) is 2.77. The molecule has 0 bridgehead atoms. The lowest BCUT2D eigenvalue weighted by Gasteiger charge is -2.09. The monoisotopic (exact) mass is 296 g/mol. The molecule has 0 fully saturated rings. The number of anilines is 1. The van der Waals surface area contributed by atoms with Gasteiger partial charge in [0.1, 0.15) is 0 Å². The number of ether oxygens (including phenoxy) is 1. The summed E-state index contributed by atoms with van der Waals surface area (Å²) >= 11 is 1.60. The number of halogens is 1. The zero-order valence-corrected chi connectivity index (χ0v) is 11.6. The lowest BCUT2D eigenvalue weighted by molar-refractivity contribution is -0.385. The van der Waals surface area contributed by atoms with E-state index in [1.807, 2.05) is 16.8 Å². The fraction of sp³-hybridized carbons (Fsp3) is 0.231. The molecule has 1 aromatic heterocycles. The molecule has 0 aliphatic heterocycles. The molecule has 2 aromatic rings. The molecule has 0 amide bonds. The van der Waals surface area contributed by atoms with Crippen molar-refractivity contribution in [2.45, 2.75) is 6.42 Å². The van der Waals surface area contributed by atoms with Gasteiger partial charge in [0, 0.05) is 12.6 Å². The number of nitro groups is 1. The zero-order valence-electron chi connectivity index (χ0n) is 10.8. The van der Waals surface area contributed by atoms with Crippen LogP contribution in [0.25, 0.3) is 0 Å². The Kier molecular flexibility index (Phi) is 4.52. The fourth-order valence-electron chi connectivity index (χ4n) is 1.76. The molecule has 0 aliphatic carbocycles. The zero-order chi connectivity index (χ0) is 14.5. The summed E-state index contributed by atoms with van der Waals surface area (Å²) in [5, 5.41) is 17.7. The quantitative estimate of drug-likeness (QED) is 0.655. The van der Waals surface area contributed by atoms with Crippen molar-refractivity contribution in [3.63, 3.8) is 0 Å². The molecule has 106 valence electrons. The molecule has 0 aliphatic rings. The van der Waals surface area contributed by atoms with Crippen LogP contribution >= 0.6 is 11.3 Å². The van der Waals surface area contributed by atoms with Crippen molar-refractivity contribution in [3.8, 4) is 5.75 Å². The highest BCUT2D eigenvalue weighted by molar-refractivity contribution is 7.07. The predicted octanol–water partition coefficient (Wildman–Crippen LogP) is 3.46. The third kappa shape index (κ3) is 3.24. The highest BCUT2D eigenvalue weighted by atomic mass is 32.1. The van der Waals surface area contributed by atoms with Gasteiger partial charge in [-0.1, -0.05) is 0 Å². The summed E-state index contributed by atoms with van der Waals surface area (Å²) in [6, 6.07) is 4.17. The van der Waals surface area contributed by atoms with Gasteiger partial charge in [0.05, 0.1) is 23.8 Å². The molecule has 0 unspecified atom stereocenters. The smallest absolute Gasteiger partial charge is 0.313 e. The first kappa shape index (κ1) is 14.3. The van der Waals surface area contributed by atoms with Gasteiger partial charge in [-0.2, -0.15) is 11.3 Å². The molecule has 0 saturated heterocycles. The predicted molar refractivity (Wildman–Crippen MR) is 76.1 cm³/mol. The second-order valence-electron chi connectivity index (χ2n) is 4.07. The van der Waals surface area contributed by atoms with Crippen LogP contribution in [0.1, 0.15) is 5.56 Å². The van der Waals surface area contributed by atoms with Crippen molar-refractivity contribution >= 4 is 22.7 Å². The molecule has 0 atom stereocenters. The van der Waals surface area contributed by atoms with Crippen molar-refractivity contribution in [1.82, 2.24) is 0 Å². The van der Waals surface area contributed by atoms with Crippen LogP contribution in [-0.4, -0.2) is 18.6 Å². The second-order valence-corrected chi connectivity index (χ2v) is 4.85. The molecule has 0 radical (unpaired) electrons. The van der Waals surface area contributed by atoms with E-state index in [0.717, 1.165) is 18.1 Å². The number of hydrogen-bond acceptors (Lipinski definition) is 5. The van der Waals surface area contributed by atoms with Crippen LogP contribution < -0.4 is 10.1 Å². The van der Waals surface area contributed by atoms with Gasteiger partial charge < -0.3 is 10.1 Å². The van der Waals surface area contributed by atoms with Gasteiger partial charge in [-0.25, -0.2) is 4.39 Å². The number of nitrogens with one attached hydrogen (secondary N) is 1. The van der Waals surface area contributed by atoms with Crippen molar-refractivity contribution in [3.05, 3.63) is 50.5 Å². The van der Waals surface area contributed by atoms with Crippen LogP contribution in [0.5, 0.6) is 5.75 Å². The van der Waals surface area contributed by atoms with Crippen LogP contribution in [0.15, 0.2) is 29.0 Å². The molecule has 2 rings (SSSR count). The Morgan fingerprint density at radius 1 is 1.50 bits per heavy atom. The standard InChI is InChI=1S/C13H13FN2O3S/c1-19-13-7-11(10(14)6-12(13)16(17)18)15-4-2-9-3-5-20-8-9/h3,5-8,15H,2,4H2,1H3. The summed E-state index contributed by atoms with van der Waals surface area (Å²) in [5.74, 6) is -0.628. The van der Waals surface area contributed by atoms with Gasteiger partial charge in [0.2, 0.25) is 0 Å². The van der Waals surface area contributed by atoms with Crippen LogP contribution in [0, 0.1) is 15.9 Å². The Balaban J connectivity index is 2.09. The summed E-state index contributed by atoms with van der Waals surface area (Å²) in [4.78, 5) is 10.1. The van der Waals surface area contributed by atoms with Crippen molar-refractivity contribution < 1.29 is 14.1 Å². The molecule has 1 heterocycles. The number of thiophene rings is 1. The van der Waals surface area contributed by atoms with Gasteiger partial charge in [0.25, 0.3) is 0 Å². The normalized spacial score (nSPS) is 10.3. The van der Waals surface area contributed by atoms with E-state index < -0.39 is 10.7 Å². The van der Waals surface area contributed by atoms with Gasteiger partial charge >= 0.3 is 5.69 Å². The molecular weight excluding hydrogens is 283 g/mol. The Labute approximate surface area is 119 Å². The lowest BCUT2D eigenvalue weighted by atomic mass is 10.2. The van der Waals surface area contributed by atoms with E-state index >= 15 is 0 Å². The Morgan fingerprint density at radius 3 is 2.90 bits per heavy atom. The average molecular weight is 296 g/mol. The molecule has 1 aromatic carbocycles. The van der Waals surface area contributed by atoms with E-state index in [9.17, 15) is 14.5 Å². The molecule has 1 N–H and O–H groups in total. The highest BCUT2D eigenvalue weighted by Crippen LogP contribution is 2.32. The Bertz CT molecular complexity index is 602. The Morgan fingerprint density at radius 2 is 2.30 bits per heavy atom. The number of hydrogen-bond donors (Lipinski definition) is 1. The van der Waals surface area contributed by atoms with Crippen LogP contribution in [0.2, 0.25) is 0 Å². The number of methoxy groups -OCH3 is 1. The maximum atomic E-state index is 13.8. The summed E-state index contributed by atoms with van der Waals surface area (Å²) < 4.78 is 18.7. The van der Waals surface area contributed by atoms with Crippen LogP contribution in [-0.2, 0) is 6.42 Å². The van der Waals surface area contributed by atoms with E-state index in [2.05, 4.69) is 5.32 Å². The lowest BCUT2D eigenvalue weighted by Crippen LogP contribution is -2.07. The maximum Gasteiger partial charge on any atom is 0.313 e. The molecule has 0 saturated carbocycles. The van der Waals surface area contributed by atoms with E-state index in [4.69, 9.17) is 4.74 Å². The van der Waals surface area contributed by atoms with E-state index in [-0.39, 0.29) is 17.1 Å². The second kappa shape index (κ2) is 6.33. The maximum absolute atomic E-state index is 13.8. The summed E-state index contributed by atoms with van der Waals surface area (Å²) in [6.07, 6.45) is 0.752. The van der Waals surface area contributed by atoms with Gasteiger partial charge in [-0.05, 0) is 28.8 Å². The van der Waals surface area contributed by atoms with Gasteiger partial charge in [-0.15, -0.1) is 0 Å². The third-order valence-corrected chi connectivity index (χ3v) is 3.51. The number of benzene rings is 1.